The lowest BCUT2D eigenvalue weighted by Gasteiger charge is -2.11. The number of rotatable bonds is 6. The van der Waals surface area contributed by atoms with Crippen LogP contribution in [0.25, 0.3) is 0 Å². The maximum absolute atomic E-state index is 12.8. The van der Waals surface area contributed by atoms with Crippen LogP contribution in [0.1, 0.15) is 34.7 Å². The highest BCUT2D eigenvalue weighted by Gasteiger charge is 2.21. The van der Waals surface area contributed by atoms with Crippen LogP contribution >= 0.6 is 23.2 Å². The molecule has 162 valence electrons. The summed E-state index contributed by atoms with van der Waals surface area (Å²) < 4.78 is 30.2. The highest BCUT2D eigenvalue weighted by atomic mass is 35.5. The first-order chi connectivity index (χ1) is 14.8. The topological polar surface area (TPSA) is 93.1 Å². The molecule has 7 nitrogen and oxygen atoms in total. The van der Waals surface area contributed by atoms with Gasteiger partial charge in [0.15, 0.2) is 0 Å². The van der Waals surface area contributed by atoms with Gasteiger partial charge in [-0.3, -0.25) is 9.52 Å². The average Bonchev–Trinajstić information content (AvgIpc) is 3.17. The van der Waals surface area contributed by atoms with Crippen molar-refractivity contribution in [2.24, 2.45) is 0 Å². The molecule has 2 heterocycles. The Balaban J connectivity index is 1.49. The van der Waals surface area contributed by atoms with Crippen LogP contribution in [0.3, 0.4) is 0 Å². The smallest absolute Gasteiger partial charge is 0.263 e. The van der Waals surface area contributed by atoms with Crippen LogP contribution in [0.2, 0.25) is 10.0 Å². The van der Waals surface area contributed by atoms with Crippen molar-refractivity contribution in [2.75, 3.05) is 4.72 Å². The second-order valence-corrected chi connectivity index (χ2v) is 9.73. The number of fused-ring (bicyclic) bond motifs is 1. The predicted octanol–water partition coefficient (Wildman–Crippen LogP) is 4.26. The molecule has 0 fully saturated rings. The maximum Gasteiger partial charge on any atom is 0.263 e. The Morgan fingerprint density at radius 3 is 2.61 bits per heavy atom. The van der Waals surface area contributed by atoms with E-state index in [9.17, 15) is 13.2 Å². The number of hydrogen-bond acceptors (Lipinski definition) is 4. The minimum absolute atomic E-state index is 0.0137. The van der Waals surface area contributed by atoms with E-state index in [-0.39, 0.29) is 22.0 Å². The number of nitrogens with zero attached hydrogens (tertiary/aromatic N) is 2. The summed E-state index contributed by atoms with van der Waals surface area (Å²) in [5, 5.41) is 3.29. The fourth-order valence-corrected chi connectivity index (χ4v) is 5.12. The van der Waals surface area contributed by atoms with Crippen LogP contribution in [0.15, 0.2) is 53.6 Å². The highest BCUT2D eigenvalue weighted by molar-refractivity contribution is 7.92. The monoisotopic (exact) mass is 478 g/mol. The Bertz CT molecular complexity index is 1200. The van der Waals surface area contributed by atoms with Gasteiger partial charge in [0.1, 0.15) is 10.7 Å². The van der Waals surface area contributed by atoms with E-state index in [0.717, 1.165) is 37.3 Å². The van der Waals surface area contributed by atoms with Crippen LogP contribution in [0.4, 0.5) is 5.69 Å². The molecule has 0 radical (unpaired) electrons. The van der Waals surface area contributed by atoms with Crippen LogP contribution < -0.4 is 10.0 Å². The van der Waals surface area contributed by atoms with Gasteiger partial charge >= 0.3 is 0 Å². The third-order valence-corrected chi connectivity index (χ3v) is 7.08. The number of amides is 1. The molecule has 0 saturated carbocycles. The van der Waals surface area contributed by atoms with Gasteiger partial charge in [-0.15, -0.1) is 0 Å². The van der Waals surface area contributed by atoms with Crippen LogP contribution in [-0.2, 0) is 29.5 Å². The molecule has 31 heavy (non-hydrogen) atoms. The van der Waals surface area contributed by atoms with Gasteiger partial charge in [0.05, 0.1) is 17.3 Å². The number of anilines is 1. The van der Waals surface area contributed by atoms with Crippen LogP contribution in [0.5, 0.6) is 0 Å². The Hall–Kier alpha value is -2.55. The molecule has 0 unspecified atom stereocenters. The zero-order valence-corrected chi connectivity index (χ0v) is 18.8. The number of imidazole rings is 1. The van der Waals surface area contributed by atoms with Gasteiger partial charge in [0.25, 0.3) is 15.9 Å². The summed E-state index contributed by atoms with van der Waals surface area (Å²) in [4.78, 5) is 17.0. The van der Waals surface area contributed by atoms with Crippen LogP contribution in [-0.4, -0.2) is 23.9 Å². The van der Waals surface area contributed by atoms with E-state index < -0.39 is 15.9 Å². The van der Waals surface area contributed by atoms with Crippen molar-refractivity contribution < 1.29 is 13.2 Å². The van der Waals surface area contributed by atoms with Gasteiger partial charge in [-0.05, 0) is 55.3 Å². The number of carbonyl (C=O) groups excluding carboxylic acids is 1. The molecule has 0 spiro atoms. The summed E-state index contributed by atoms with van der Waals surface area (Å²) in [6.45, 7) is 1.20. The number of nitrogens with one attached hydrogen (secondary N) is 2. The molecular weight excluding hydrogens is 459 g/mol. The number of sulfonamides is 1. The molecule has 1 aliphatic heterocycles. The standard InChI is InChI=1S/C21H20Cl2N4O3S/c22-15-5-7-16(8-6-15)26-31(29,30)19-11-14(4-9-18(19)23)21(28)24-12-17-13-27-10-2-1-3-20(27)25-17/h4-9,11,13,26H,1-3,10,12H2,(H,24,28). The number of aromatic nitrogens is 2. The van der Waals surface area contributed by atoms with Crippen molar-refractivity contribution in [1.29, 1.82) is 0 Å². The fourth-order valence-electron chi connectivity index (χ4n) is 3.41. The average molecular weight is 479 g/mol. The molecule has 4 rings (SSSR count). The summed E-state index contributed by atoms with van der Waals surface area (Å²) >= 11 is 12.0. The zero-order chi connectivity index (χ0) is 22.0. The van der Waals surface area contributed by atoms with Crippen molar-refractivity contribution in [3.05, 3.63) is 75.8 Å². The first-order valence-corrected chi connectivity index (χ1v) is 12.0. The van der Waals surface area contributed by atoms with Crippen molar-refractivity contribution in [1.82, 2.24) is 14.9 Å². The van der Waals surface area contributed by atoms with Crippen LogP contribution in [0, 0.1) is 0 Å². The van der Waals surface area contributed by atoms with Gasteiger partial charge in [0, 0.05) is 35.4 Å². The van der Waals surface area contributed by atoms with E-state index in [2.05, 4.69) is 19.6 Å². The van der Waals surface area contributed by atoms with E-state index >= 15 is 0 Å². The number of halogens is 2. The molecule has 1 amide bonds. The summed E-state index contributed by atoms with van der Waals surface area (Å²) in [6.07, 6.45) is 5.13. The van der Waals surface area contributed by atoms with Gasteiger partial charge in [0.2, 0.25) is 0 Å². The zero-order valence-electron chi connectivity index (χ0n) is 16.4. The Morgan fingerprint density at radius 1 is 1.10 bits per heavy atom. The Morgan fingerprint density at radius 2 is 1.87 bits per heavy atom. The van der Waals surface area contributed by atoms with Crippen molar-refractivity contribution in [3.63, 3.8) is 0 Å². The summed E-state index contributed by atoms with van der Waals surface area (Å²) in [7, 11) is -4.00. The molecule has 1 aromatic heterocycles. The summed E-state index contributed by atoms with van der Waals surface area (Å²) in [5.41, 5.74) is 1.29. The largest absolute Gasteiger partial charge is 0.346 e. The minimum Gasteiger partial charge on any atom is -0.346 e. The lowest BCUT2D eigenvalue weighted by atomic mass is 10.2. The number of benzene rings is 2. The van der Waals surface area contributed by atoms with Crippen molar-refractivity contribution >= 4 is 44.8 Å². The molecule has 0 aliphatic carbocycles. The number of aryl methyl sites for hydroxylation is 2. The van der Waals surface area contributed by atoms with E-state index in [1.54, 1.807) is 12.1 Å². The second-order valence-electron chi connectivity index (χ2n) is 7.24. The molecule has 0 atom stereocenters. The summed E-state index contributed by atoms with van der Waals surface area (Å²) in [5.74, 6) is 0.620. The van der Waals surface area contributed by atoms with Crippen molar-refractivity contribution in [2.45, 2.75) is 37.2 Å². The highest BCUT2D eigenvalue weighted by Crippen LogP contribution is 2.26. The van der Waals surface area contributed by atoms with Gasteiger partial charge in [-0.2, -0.15) is 0 Å². The molecule has 0 saturated heterocycles. The van der Waals surface area contributed by atoms with E-state index in [0.29, 0.717) is 10.7 Å². The van der Waals surface area contributed by atoms with Gasteiger partial charge < -0.3 is 9.88 Å². The SMILES string of the molecule is O=C(NCc1cn2c(n1)CCCC2)c1ccc(Cl)c(S(=O)(=O)Nc2ccc(Cl)cc2)c1. The predicted molar refractivity (Wildman–Crippen MR) is 120 cm³/mol. The van der Waals surface area contributed by atoms with Gasteiger partial charge in [-0.25, -0.2) is 13.4 Å². The molecule has 1 aliphatic rings. The normalized spacial score (nSPS) is 13.5. The Labute approximate surface area is 190 Å². The molecule has 3 aromatic rings. The first kappa shape index (κ1) is 21.7. The lowest BCUT2D eigenvalue weighted by Crippen LogP contribution is -2.23. The van der Waals surface area contributed by atoms with Gasteiger partial charge in [-0.1, -0.05) is 23.2 Å². The van der Waals surface area contributed by atoms with E-state index in [1.165, 1.54) is 30.3 Å². The lowest BCUT2D eigenvalue weighted by molar-refractivity contribution is 0.0950. The Kier molecular flexibility index (Phi) is 6.22. The minimum atomic E-state index is -4.00. The number of carbonyl (C=O) groups is 1. The fraction of sp³-hybridized carbons (Fsp3) is 0.238. The molecule has 0 bridgehead atoms. The molecule has 2 aromatic carbocycles. The molecular formula is C21H20Cl2N4O3S. The summed E-state index contributed by atoms with van der Waals surface area (Å²) in [6, 6.07) is 10.3. The first-order valence-electron chi connectivity index (χ1n) is 9.73. The molecule has 2 N–H and O–H groups in total. The third kappa shape index (κ3) is 5.03. The number of hydrogen-bond donors (Lipinski definition) is 2. The van der Waals surface area contributed by atoms with Crippen molar-refractivity contribution in [3.8, 4) is 0 Å². The quantitative estimate of drug-likeness (QED) is 0.553. The van der Waals surface area contributed by atoms with E-state index in [4.69, 9.17) is 23.2 Å². The maximum atomic E-state index is 12.8. The molecule has 10 heteroatoms. The second kappa shape index (κ2) is 8.90. The van der Waals surface area contributed by atoms with E-state index in [1.807, 2.05) is 6.20 Å². The third-order valence-electron chi connectivity index (χ3n) is 4.97.